The summed E-state index contributed by atoms with van der Waals surface area (Å²) in [5.74, 6) is -0.899. The van der Waals surface area contributed by atoms with E-state index < -0.39 is 17.9 Å². The van der Waals surface area contributed by atoms with E-state index >= 15 is 0 Å². The van der Waals surface area contributed by atoms with Gasteiger partial charge in [0.1, 0.15) is 16.5 Å². The molecule has 0 saturated carbocycles. The standard InChI is InChI=1S/C20H17ClN2O4S/c1-27-13-6-4-5-12(9-13)16(10-18(24)25)22-19(26)17-11-28-20(23-17)14-7-2-3-8-15(14)21/h2-9,11,16H,10H2,1H3,(H,22,26)(H,24,25)/t16-/m0/s1. The third kappa shape index (κ3) is 4.68. The summed E-state index contributed by atoms with van der Waals surface area (Å²) in [6.45, 7) is 0. The van der Waals surface area contributed by atoms with E-state index in [1.807, 2.05) is 18.2 Å². The highest BCUT2D eigenvalue weighted by molar-refractivity contribution is 7.13. The molecule has 1 aromatic heterocycles. The highest BCUT2D eigenvalue weighted by Crippen LogP contribution is 2.30. The van der Waals surface area contributed by atoms with Crippen molar-refractivity contribution in [1.29, 1.82) is 0 Å². The van der Waals surface area contributed by atoms with Crippen molar-refractivity contribution in [3.63, 3.8) is 0 Å². The molecule has 0 radical (unpaired) electrons. The van der Waals surface area contributed by atoms with Crippen molar-refractivity contribution < 1.29 is 19.4 Å². The van der Waals surface area contributed by atoms with Crippen LogP contribution < -0.4 is 10.1 Å². The van der Waals surface area contributed by atoms with E-state index in [0.29, 0.717) is 21.3 Å². The summed E-state index contributed by atoms with van der Waals surface area (Å²) < 4.78 is 5.18. The van der Waals surface area contributed by atoms with E-state index in [9.17, 15) is 14.7 Å². The van der Waals surface area contributed by atoms with E-state index in [1.165, 1.54) is 18.4 Å². The van der Waals surface area contributed by atoms with Crippen molar-refractivity contribution in [3.05, 3.63) is 70.2 Å². The van der Waals surface area contributed by atoms with Crippen LogP contribution in [0.25, 0.3) is 10.6 Å². The number of halogens is 1. The van der Waals surface area contributed by atoms with E-state index in [1.54, 1.807) is 35.7 Å². The number of carboxylic acid groups (broad SMARTS) is 1. The average molecular weight is 417 g/mol. The fourth-order valence-corrected chi connectivity index (χ4v) is 3.77. The SMILES string of the molecule is COc1cccc([C@H](CC(=O)O)NC(=O)c2csc(-c3ccccc3Cl)n2)c1. The summed E-state index contributed by atoms with van der Waals surface area (Å²) in [5.41, 5.74) is 1.58. The minimum atomic E-state index is -1.02. The number of rotatable bonds is 7. The van der Waals surface area contributed by atoms with Gasteiger partial charge in [-0.3, -0.25) is 9.59 Å². The van der Waals surface area contributed by atoms with Gasteiger partial charge in [-0.2, -0.15) is 0 Å². The Morgan fingerprint density at radius 1 is 1.25 bits per heavy atom. The molecule has 0 bridgehead atoms. The fraction of sp³-hybridized carbons (Fsp3) is 0.150. The van der Waals surface area contributed by atoms with E-state index in [2.05, 4.69) is 10.3 Å². The number of methoxy groups -OCH3 is 1. The van der Waals surface area contributed by atoms with Gasteiger partial charge in [-0.15, -0.1) is 11.3 Å². The lowest BCUT2D eigenvalue weighted by Crippen LogP contribution is -2.30. The van der Waals surface area contributed by atoms with Gasteiger partial charge in [0.25, 0.3) is 5.91 Å². The minimum Gasteiger partial charge on any atom is -0.497 e. The predicted octanol–water partition coefficient (Wildman–Crippen LogP) is 4.42. The highest BCUT2D eigenvalue weighted by atomic mass is 35.5. The second kappa shape index (κ2) is 8.86. The third-order valence-corrected chi connectivity index (χ3v) is 5.23. The van der Waals surface area contributed by atoms with Crippen molar-refractivity contribution in [2.45, 2.75) is 12.5 Å². The van der Waals surface area contributed by atoms with Gasteiger partial charge >= 0.3 is 5.97 Å². The largest absolute Gasteiger partial charge is 0.497 e. The van der Waals surface area contributed by atoms with E-state index in [0.717, 1.165) is 5.56 Å². The van der Waals surface area contributed by atoms with Crippen molar-refractivity contribution in [1.82, 2.24) is 10.3 Å². The van der Waals surface area contributed by atoms with Gasteiger partial charge in [0.05, 0.1) is 24.6 Å². The Labute approximate surface area is 170 Å². The summed E-state index contributed by atoms with van der Waals surface area (Å²) in [5, 5.41) is 14.8. The molecule has 6 nitrogen and oxygen atoms in total. The zero-order valence-corrected chi connectivity index (χ0v) is 16.5. The molecule has 3 aromatic rings. The Bertz CT molecular complexity index is 1010. The van der Waals surface area contributed by atoms with Crippen LogP contribution in [0.4, 0.5) is 0 Å². The number of hydrogen-bond donors (Lipinski definition) is 2. The molecule has 144 valence electrons. The average Bonchev–Trinajstić information content (AvgIpc) is 3.17. The first-order valence-electron chi connectivity index (χ1n) is 8.35. The first-order valence-corrected chi connectivity index (χ1v) is 9.60. The molecule has 28 heavy (non-hydrogen) atoms. The lowest BCUT2D eigenvalue weighted by Gasteiger charge is -2.17. The van der Waals surface area contributed by atoms with Crippen molar-refractivity contribution >= 4 is 34.8 Å². The number of thiazole rings is 1. The van der Waals surface area contributed by atoms with E-state index in [4.69, 9.17) is 16.3 Å². The van der Waals surface area contributed by atoms with Gasteiger partial charge in [0.15, 0.2) is 0 Å². The molecule has 0 aliphatic carbocycles. The topological polar surface area (TPSA) is 88.5 Å². The van der Waals surface area contributed by atoms with Crippen LogP contribution >= 0.6 is 22.9 Å². The Morgan fingerprint density at radius 3 is 2.75 bits per heavy atom. The van der Waals surface area contributed by atoms with Crippen LogP contribution in [-0.4, -0.2) is 29.1 Å². The maximum absolute atomic E-state index is 12.7. The van der Waals surface area contributed by atoms with Crippen LogP contribution in [0.15, 0.2) is 53.9 Å². The number of aromatic nitrogens is 1. The maximum atomic E-state index is 12.7. The zero-order chi connectivity index (χ0) is 20.1. The summed E-state index contributed by atoms with van der Waals surface area (Å²) in [7, 11) is 1.52. The molecular weight excluding hydrogens is 400 g/mol. The molecule has 0 saturated heterocycles. The summed E-state index contributed by atoms with van der Waals surface area (Å²) in [4.78, 5) is 28.3. The normalized spacial score (nSPS) is 11.6. The summed E-state index contributed by atoms with van der Waals surface area (Å²) >= 11 is 7.48. The molecule has 0 aliphatic rings. The van der Waals surface area contributed by atoms with Gasteiger partial charge < -0.3 is 15.2 Å². The summed E-state index contributed by atoms with van der Waals surface area (Å²) in [6.07, 6.45) is -0.263. The molecule has 0 aliphatic heterocycles. The molecule has 1 atom stereocenters. The number of benzene rings is 2. The van der Waals surface area contributed by atoms with Crippen molar-refractivity contribution in [2.75, 3.05) is 7.11 Å². The second-order valence-electron chi connectivity index (χ2n) is 5.92. The molecule has 2 N–H and O–H groups in total. The Morgan fingerprint density at radius 2 is 2.04 bits per heavy atom. The Kier molecular flexibility index (Phi) is 6.28. The third-order valence-electron chi connectivity index (χ3n) is 4.02. The van der Waals surface area contributed by atoms with Crippen LogP contribution in [0.5, 0.6) is 5.75 Å². The van der Waals surface area contributed by atoms with Gasteiger partial charge in [-0.05, 0) is 23.8 Å². The van der Waals surface area contributed by atoms with Gasteiger partial charge in [-0.1, -0.05) is 41.9 Å². The summed E-state index contributed by atoms with van der Waals surface area (Å²) in [6, 6.07) is 13.5. The molecule has 3 rings (SSSR count). The lowest BCUT2D eigenvalue weighted by atomic mass is 10.0. The number of amides is 1. The number of carboxylic acids is 1. The number of carbonyl (C=O) groups excluding carboxylic acids is 1. The highest BCUT2D eigenvalue weighted by Gasteiger charge is 2.21. The first-order chi connectivity index (χ1) is 13.5. The van der Waals surface area contributed by atoms with E-state index in [-0.39, 0.29) is 12.1 Å². The Hall–Kier alpha value is -2.90. The fourth-order valence-electron chi connectivity index (χ4n) is 2.65. The molecule has 2 aromatic carbocycles. The van der Waals surface area contributed by atoms with Crippen LogP contribution in [-0.2, 0) is 4.79 Å². The molecule has 0 spiro atoms. The lowest BCUT2D eigenvalue weighted by molar-refractivity contribution is -0.137. The molecule has 0 unspecified atom stereocenters. The second-order valence-corrected chi connectivity index (χ2v) is 7.18. The molecule has 0 fully saturated rings. The number of ether oxygens (including phenoxy) is 1. The number of aliphatic carboxylic acids is 1. The van der Waals surface area contributed by atoms with Crippen LogP contribution in [0.3, 0.4) is 0 Å². The molecular formula is C20H17ClN2O4S. The quantitative estimate of drug-likeness (QED) is 0.595. The smallest absolute Gasteiger partial charge is 0.305 e. The maximum Gasteiger partial charge on any atom is 0.305 e. The first kappa shape index (κ1) is 19.9. The minimum absolute atomic E-state index is 0.207. The van der Waals surface area contributed by atoms with Crippen LogP contribution in [0, 0.1) is 0 Å². The van der Waals surface area contributed by atoms with Crippen LogP contribution in [0.1, 0.15) is 28.5 Å². The number of nitrogens with zero attached hydrogens (tertiary/aromatic N) is 1. The van der Waals surface area contributed by atoms with Gasteiger partial charge in [0.2, 0.25) is 0 Å². The molecule has 8 heteroatoms. The predicted molar refractivity (Wildman–Crippen MR) is 108 cm³/mol. The zero-order valence-electron chi connectivity index (χ0n) is 14.9. The van der Waals surface area contributed by atoms with Crippen LogP contribution in [0.2, 0.25) is 5.02 Å². The van der Waals surface area contributed by atoms with Gasteiger partial charge in [-0.25, -0.2) is 4.98 Å². The number of nitrogens with one attached hydrogen (secondary N) is 1. The number of carbonyl (C=O) groups is 2. The molecule has 1 heterocycles. The van der Waals surface area contributed by atoms with Crippen molar-refractivity contribution in [2.24, 2.45) is 0 Å². The molecule has 1 amide bonds. The number of hydrogen-bond acceptors (Lipinski definition) is 5. The van der Waals surface area contributed by atoms with Crippen molar-refractivity contribution in [3.8, 4) is 16.3 Å². The Balaban J connectivity index is 1.82. The monoisotopic (exact) mass is 416 g/mol. The van der Waals surface area contributed by atoms with Gasteiger partial charge in [0, 0.05) is 10.9 Å².